The van der Waals surface area contributed by atoms with Crippen molar-refractivity contribution in [1.29, 1.82) is 0 Å². The predicted octanol–water partition coefficient (Wildman–Crippen LogP) is -2.87. The van der Waals surface area contributed by atoms with Gasteiger partial charge in [-0.3, -0.25) is 24.0 Å². The molecule has 0 spiro atoms. The summed E-state index contributed by atoms with van der Waals surface area (Å²) in [5.74, 6) is -4.71. The highest BCUT2D eigenvalue weighted by Gasteiger charge is 2.24. The van der Waals surface area contributed by atoms with E-state index in [4.69, 9.17) is 21.7 Å². The van der Waals surface area contributed by atoms with Gasteiger partial charge < -0.3 is 32.3 Å². The van der Waals surface area contributed by atoms with Crippen molar-refractivity contribution >= 4 is 29.7 Å². The Bertz CT molecular complexity index is 480. The van der Waals surface area contributed by atoms with Gasteiger partial charge >= 0.3 is 11.9 Å². The first-order chi connectivity index (χ1) is 10.6. The molecule has 0 aromatic carbocycles. The monoisotopic (exact) mass is 332 g/mol. The van der Waals surface area contributed by atoms with Crippen LogP contribution < -0.4 is 22.1 Å². The third-order valence-electron chi connectivity index (χ3n) is 2.73. The van der Waals surface area contributed by atoms with Crippen molar-refractivity contribution in [3.63, 3.8) is 0 Å². The van der Waals surface area contributed by atoms with Crippen molar-refractivity contribution < 1.29 is 34.2 Å². The highest BCUT2D eigenvalue weighted by molar-refractivity contribution is 5.91. The van der Waals surface area contributed by atoms with Crippen LogP contribution in [-0.4, -0.2) is 58.5 Å². The second-order valence-corrected chi connectivity index (χ2v) is 4.72. The summed E-state index contributed by atoms with van der Waals surface area (Å²) in [7, 11) is 0. The molecule has 0 aromatic heterocycles. The van der Waals surface area contributed by atoms with Gasteiger partial charge in [0, 0.05) is 12.8 Å². The molecule has 8 N–H and O–H groups in total. The Morgan fingerprint density at radius 3 is 2.00 bits per heavy atom. The molecular formula is C12H20N4O7. The van der Waals surface area contributed by atoms with Crippen LogP contribution in [-0.2, 0) is 24.0 Å². The molecule has 3 amide bonds. The summed E-state index contributed by atoms with van der Waals surface area (Å²) in [5, 5.41) is 21.3. The topological polar surface area (TPSA) is 202 Å². The number of carboxylic acids is 2. The molecule has 0 aliphatic carbocycles. The lowest BCUT2D eigenvalue weighted by molar-refractivity contribution is -0.138. The quantitative estimate of drug-likeness (QED) is 0.231. The Morgan fingerprint density at radius 2 is 1.52 bits per heavy atom. The lowest BCUT2D eigenvalue weighted by Gasteiger charge is -2.19. The summed E-state index contributed by atoms with van der Waals surface area (Å²) in [6.07, 6.45) is -0.819. The van der Waals surface area contributed by atoms with Crippen molar-refractivity contribution in [2.75, 3.05) is 6.54 Å². The number of carbonyl (C=O) groups excluding carboxylic acids is 3. The molecule has 0 heterocycles. The van der Waals surface area contributed by atoms with Crippen LogP contribution in [0.1, 0.15) is 25.7 Å². The fraction of sp³-hybridized carbons (Fsp3) is 0.583. The third-order valence-corrected chi connectivity index (χ3v) is 2.73. The largest absolute Gasteiger partial charge is 0.481 e. The molecule has 130 valence electrons. The van der Waals surface area contributed by atoms with Gasteiger partial charge in [-0.05, 0) is 12.8 Å². The van der Waals surface area contributed by atoms with Crippen LogP contribution in [0.2, 0.25) is 0 Å². The predicted molar refractivity (Wildman–Crippen MR) is 75.8 cm³/mol. The number of hydrogen-bond donors (Lipinski definition) is 6. The van der Waals surface area contributed by atoms with Crippen LogP contribution in [0.15, 0.2) is 0 Å². The minimum atomic E-state index is -1.28. The van der Waals surface area contributed by atoms with E-state index in [1.54, 1.807) is 0 Å². The highest BCUT2D eigenvalue weighted by Crippen LogP contribution is 2.01. The minimum absolute atomic E-state index is 0.138. The molecular weight excluding hydrogens is 312 g/mol. The maximum atomic E-state index is 11.8. The fourth-order valence-corrected chi connectivity index (χ4v) is 1.53. The van der Waals surface area contributed by atoms with Gasteiger partial charge in [0.15, 0.2) is 0 Å². The first-order valence-electron chi connectivity index (χ1n) is 6.69. The van der Waals surface area contributed by atoms with Crippen LogP contribution in [0.3, 0.4) is 0 Å². The van der Waals surface area contributed by atoms with E-state index in [0.29, 0.717) is 0 Å². The Balaban J connectivity index is 4.68. The number of primary amides is 1. The number of hydrogen-bond acceptors (Lipinski definition) is 6. The first kappa shape index (κ1) is 20.3. The van der Waals surface area contributed by atoms with Gasteiger partial charge in [0.25, 0.3) is 0 Å². The molecule has 0 aliphatic heterocycles. The summed E-state index contributed by atoms with van der Waals surface area (Å²) in [6, 6.07) is -2.36. The number of amides is 3. The van der Waals surface area contributed by atoms with Crippen LogP contribution in [0, 0.1) is 0 Å². The molecule has 11 nitrogen and oxygen atoms in total. The van der Waals surface area contributed by atoms with E-state index in [1.807, 2.05) is 0 Å². The van der Waals surface area contributed by atoms with Gasteiger partial charge in [0.05, 0.1) is 6.04 Å². The molecule has 11 heteroatoms. The molecule has 0 saturated heterocycles. The maximum absolute atomic E-state index is 11.8. The lowest BCUT2D eigenvalue weighted by Crippen LogP contribution is -2.52. The molecule has 0 bridgehead atoms. The number of rotatable bonds is 11. The number of carboxylic acid groups (broad SMARTS) is 2. The zero-order valence-corrected chi connectivity index (χ0v) is 12.3. The van der Waals surface area contributed by atoms with Gasteiger partial charge in [-0.2, -0.15) is 0 Å². The lowest BCUT2D eigenvalue weighted by atomic mass is 10.1. The molecule has 0 radical (unpaired) electrons. The molecule has 0 fully saturated rings. The number of carbonyl (C=O) groups is 5. The van der Waals surface area contributed by atoms with E-state index in [-0.39, 0.29) is 25.7 Å². The van der Waals surface area contributed by atoms with E-state index in [9.17, 15) is 24.0 Å². The number of nitrogens with one attached hydrogen (secondary N) is 2. The van der Waals surface area contributed by atoms with Crippen LogP contribution in [0.25, 0.3) is 0 Å². The Hall–Kier alpha value is -2.69. The fourth-order valence-electron chi connectivity index (χ4n) is 1.53. The molecule has 0 rings (SSSR count). The number of nitrogens with two attached hydrogens (primary N) is 2. The second kappa shape index (κ2) is 10.1. The third kappa shape index (κ3) is 9.79. The highest BCUT2D eigenvalue weighted by atomic mass is 16.4. The number of aliphatic carboxylic acids is 2. The first-order valence-corrected chi connectivity index (χ1v) is 6.69. The SMILES string of the molecule is NC(=O)CC[C@H](NC(=O)[C@@H](N)CCC(=O)O)C(=O)NCC(=O)O. The molecule has 2 atom stereocenters. The van der Waals surface area contributed by atoms with Gasteiger partial charge in [0.2, 0.25) is 17.7 Å². The van der Waals surface area contributed by atoms with Crippen LogP contribution >= 0.6 is 0 Å². The van der Waals surface area contributed by atoms with Crippen molar-refractivity contribution in [2.24, 2.45) is 11.5 Å². The standard InChI is InChI=1S/C12H20N4O7/c13-6(1-4-9(18)19)11(22)16-7(2-3-8(14)17)12(23)15-5-10(20)21/h6-7H,1-5,13H2,(H2,14,17)(H,15,23)(H,16,22)(H,18,19)(H,20,21)/t6-,7-/m0/s1. The molecule has 0 aromatic rings. The van der Waals surface area contributed by atoms with Crippen LogP contribution in [0.4, 0.5) is 0 Å². The van der Waals surface area contributed by atoms with E-state index < -0.39 is 48.3 Å². The minimum Gasteiger partial charge on any atom is -0.481 e. The zero-order valence-electron chi connectivity index (χ0n) is 12.3. The Morgan fingerprint density at radius 1 is 0.913 bits per heavy atom. The normalized spacial score (nSPS) is 12.7. The van der Waals surface area contributed by atoms with Crippen molar-refractivity contribution in [1.82, 2.24) is 10.6 Å². The maximum Gasteiger partial charge on any atom is 0.322 e. The Kier molecular flexibility index (Phi) is 8.92. The van der Waals surface area contributed by atoms with Crippen molar-refractivity contribution in [3.8, 4) is 0 Å². The van der Waals surface area contributed by atoms with E-state index >= 15 is 0 Å². The van der Waals surface area contributed by atoms with Crippen molar-refractivity contribution in [2.45, 2.75) is 37.8 Å². The van der Waals surface area contributed by atoms with Gasteiger partial charge in [-0.1, -0.05) is 0 Å². The summed E-state index contributed by atoms with van der Waals surface area (Å²) in [6.45, 7) is -0.660. The van der Waals surface area contributed by atoms with Gasteiger partial charge in [-0.25, -0.2) is 0 Å². The smallest absolute Gasteiger partial charge is 0.322 e. The zero-order chi connectivity index (χ0) is 18.0. The molecule has 0 unspecified atom stereocenters. The summed E-state index contributed by atoms with van der Waals surface area (Å²) < 4.78 is 0. The summed E-state index contributed by atoms with van der Waals surface area (Å²) in [5.41, 5.74) is 10.5. The van der Waals surface area contributed by atoms with Gasteiger partial charge in [-0.15, -0.1) is 0 Å². The van der Waals surface area contributed by atoms with E-state index in [2.05, 4.69) is 10.6 Å². The molecule has 23 heavy (non-hydrogen) atoms. The average molecular weight is 332 g/mol. The van der Waals surface area contributed by atoms with Gasteiger partial charge in [0.1, 0.15) is 12.6 Å². The second-order valence-electron chi connectivity index (χ2n) is 4.72. The van der Waals surface area contributed by atoms with Crippen molar-refractivity contribution in [3.05, 3.63) is 0 Å². The summed E-state index contributed by atoms with van der Waals surface area (Å²) >= 11 is 0. The van der Waals surface area contributed by atoms with Crippen LogP contribution in [0.5, 0.6) is 0 Å². The summed E-state index contributed by atoms with van der Waals surface area (Å²) in [4.78, 5) is 55.2. The molecule has 0 aliphatic rings. The van der Waals surface area contributed by atoms with E-state index in [0.717, 1.165) is 0 Å². The Labute approximate surface area is 131 Å². The average Bonchev–Trinajstić information content (AvgIpc) is 2.45. The van der Waals surface area contributed by atoms with E-state index in [1.165, 1.54) is 0 Å². The molecule has 0 saturated carbocycles.